The molecule has 1 aromatic rings. The van der Waals surface area contributed by atoms with Crippen LogP contribution in [0.3, 0.4) is 0 Å². The van der Waals surface area contributed by atoms with Crippen molar-refractivity contribution < 1.29 is 14.7 Å². The zero-order valence-corrected chi connectivity index (χ0v) is 12.8. The summed E-state index contributed by atoms with van der Waals surface area (Å²) in [6, 6.07) is 4.68. The normalized spacial score (nSPS) is 19.6. The van der Waals surface area contributed by atoms with E-state index in [1.165, 1.54) is 6.07 Å². The van der Waals surface area contributed by atoms with Crippen molar-refractivity contribution in [1.29, 1.82) is 0 Å². The van der Waals surface area contributed by atoms with Crippen molar-refractivity contribution in [2.45, 2.75) is 26.3 Å². The van der Waals surface area contributed by atoms with Crippen molar-refractivity contribution in [2.24, 2.45) is 5.41 Å². The Labute approximate surface area is 124 Å². The predicted octanol–water partition coefficient (Wildman–Crippen LogP) is 2.91. The van der Waals surface area contributed by atoms with Crippen molar-refractivity contribution in [3.63, 3.8) is 0 Å². The van der Waals surface area contributed by atoms with Crippen molar-refractivity contribution in [3.8, 4) is 0 Å². The number of anilines is 1. The number of hydrogen-bond donors (Lipinski definition) is 3. The zero-order chi connectivity index (χ0) is 14.2. The molecule has 102 valence electrons. The summed E-state index contributed by atoms with van der Waals surface area (Å²) in [6.07, 6.45) is 0.943. The molecule has 1 aliphatic carbocycles. The highest BCUT2D eigenvalue weighted by Gasteiger charge is 2.46. The van der Waals surface area contributed by atoms with Gasteiger partial charge in [-0.05, 0) is 52.6 Å². The smallest absolute Gasteiger partial charge is 0.337 e. The number of rotatable bonds is 3. The maximum atomic E-state index is 11.8. The van der Waals surface area contributed by atoms with Crippen LogP contribution < -0.4 is 10.6 Å². The molecule has 2 rings (SSSR count). The summed E-state index contributed by atoms with van der Waals surface area (Å²) >= 11 is 2.03. The highest BCUT2D eigenvalue weighted by molar-refractivity contribution is 14.1. The van der Waals surface area contributed by atoms with Gasteiger partial charge in [0.15, 0.2) is 0 Å². The van der Waals surface area contributed by atoms with Crippen LogP contribution in [0, 0.1) is 8.99 Å². The lowest BCUT2D eigenvalue weighted by Crippen LogP contribution is -2.33. The molecule has 0 aliphatic heterocycles. The molecule has 0 spiro atoms. The van der Waals surface area contributed by atoms with Crippen LogP contribution in [0.15, 0.2) is 18.2 Å². The van der Waals surface area contributed by atoms with Crippen molar-refractivity contribution in [1.82, 2.24) is 5.32 Å². The third-order valence-corrected chi connectivity index (χ3v) is 3.95. The topological polar surface area (TPSA) is 78.4 Å². The van der Waals surface area contributed by atoms with Gasteiger partial charge in [0.25, 0.3) is 0 Å². The number of benzene rings is 1. The van der Waals surface area contributed by atoms with E-state index in [2.05, 4.69) is 24.5 Å². The van der Waals surface area contributed by atoms with Gasteiger partial charge in [0.2, 0.25) is 0 Å². The van der Waals surface area contributed by atoms with Crippen LogP contribution in [-0.2, 0) is 0 Å². The first-order valence-electron chi connectivity index (χ1n) is 5.90. The van der Waals surface area contributed by atoms with Crippen LogP contribution in [0.4, 0.5) is 10.5 Å². The monoisotopic (exact) mass is 374 g/mol. The summed E-state index contributed by atoms with van der Waals surface area (Å²) in [7, 11) is 0. The SMILES string of the molecule is CC1(C)CC1NC(=O)Nc1ccc(I)cc1C(=O)O. The highest BCUT2D eigenvalue weighted by atomic mass is 127. The Kier molecular flexibility index (Phi) is 3.71. The lowest BCUT2D eigenvalue weighted by molar-refractivity contribution is 0.0698. The Balaban J connectivity index is 2.06. The number of carboxylic acid groups (broad SMARTS) is 1. The molecule has 1 fully saturated rings. The predicted molar refractivity (Wildman–Crippen MR) is 80.5 cm³/mol. The van der Waals surface area contributed by atoms with Gasteiger partial charge >= 0.3 is 12.0 Å². The van der Waals surface area contributed by atoms with Gasteiger partial charge in [0.05, 0.1) is 11.3 Å². The average molecular weight is 374 g/mol. The molecule has 1 aromatic carbocycles. The molecule has 0 bridgehead atoms. The van der Waals surface area contributed by atoms with E-state index in [1.807, 2.05) is 22.6 Å². The quantitative estimate of drug-likeness (QED) is 0.712. The van der Waals surface area contributed by atoms with Gasteiger partial charge in [0, 0.05) is 9.61 Å². The second kappa shape index (κ2) is 4.99. The summed E-state index contributed by atoms with van der Waals surface area (Å²) in [5.74, 6) is -1.06. The molecule has 5 nitrogen and oxygen atoms in total. The molecule has 0 saturated heterocycles. The van der Waals surface area contributed by atoms with E-state index < -0.39 is 5.97 Å². The number of carbonyl (C=O) groups is 2. The Morgan fingerprint density at radius 2 is 2.05 bits per heavy atom. The summed E-state index contributed by atoms with van der Waals surface area (Å²) in [5.41, 5.74) is 0.542. The van der Waals surface area contributed by atoms with Crippen LogP contribution in [0.5, 0.6) is 0 Å². The molecular weight excluding hydrogens is 359 g/mol. The first-order valence-corrected chi connectivity index (χ1v) is 6.98. The maximum Gasteiger partial charge on any atom is 0.337 e. The zero-order valence-electron chi connectivity index (χ0n) is 10.7. The summed E-state index contributed by atoms with van der Waals surface area (Å²) in [6.45, 7) is 4.15. The summed E-state index contributed by atoms with van der Waals surface area (Å²) in [5, 5.41) is 14.5. The van der Waals surface area contributed by atoms with E-state index in [4.69, 9.17) is 5.11 Å². The van der Waals surface area contributed by atoms with E-state index in [0.717, 1.165) is 9.99 Å². The molecule has 6 heteroatoms. The summed E-state index contributed by atoms with van der Waals surface area (Å²) in [4.78, 5) is 22.9. The number of halogens is 1. The average Bonchev–Trinajstić information content (AvgIpc) is 2.88. The van der Waals surface area contributed by atoms with E-state index in [0.29, 0.717) is 5.69 Å². The molecule has 1 atom stereocenters. The Morgan fingerprint density at radius 3 is 2.58 bits per heavy atom. The molecule has 3 N–H and O–H groups in total. The number of amides is 2. The Bertz CT molecular complexity index is 543. The standard InChI is InChI=1S/C13H15IN2O3/c1-13(2)6-10(13)16-12(19)15-9-4-3-7(14)5-8(9)11(17)18/h3-5,10H,6H2,1-2H3,(H,17,18)(H2,15,16,19). The minimum atomic E-state index is -1.06. The van der Waals surface area contributed by atoms with Gasteiger partial charge < -0.3 is 15.7 Å². The molecule has 0 radical (unpaired) electrons. The van der Waals surface area contributed by atoms with Crippen LogP contribution in [0.25, 0.3) is 0 Å². The number of urea groups is 1. The Hall–Kier alpha value is -1.31. The van der Waals surface area contributed by atoms with Gasteiger partial charge in [-0.2, -0.15) is 0 Å². The van der Waals surface area contributed by atoms with Gasteiger partial charge in [-0.15, -0.1) is 0 Å². The van der Waals surface area contributed by atoms with Crippen LogP contribution >= 0.6 is 22.6 Å². The van der Waals surface area contributed by atoms with Crippen molar-refractivity contribution in [3.05, 3.63) is 27.3 Å². The molecule has 0 aromatic heterocycles. The van der Waals surface area contributed by atoms with Crippen molar-refractivity contribution in [2.75, 3.05) is 5.32 Å². The minimum absolute atomic E-state index is 0.0945. The van der Waals surface area contributed by atoms with E-state index in [9.17, 15) is 9.59 Å². The molecule has 1 aliphatic rings. The first kappa shape index (κ1) is 14.1. The van der Waals surface area contributed by atoms with Crippen LogP contribution in [0.1, 0.15) is 30.6 Å². The molecule has 1 saturated carbocycles. The number of carbonyl (C=O) groups excluding carboxylic acids is 1. The van der Waals surface area contributed by atoms with Gasteiger partial charge in [-0.1, -0.05) is 13.8 Å². The van der Waals surface area contributed by atoms with E-state index in [1.54, 1.807) is 12.1 Å². The Morgan fingerprint density at radius 1 is 1.42 bits per heavy atom. The molecular formula is C13H15IN2O3. The fraction of sp³-hybridized carbons (Fsp3) is 0.385. The molecule has 0 heterocycles. The minimum Gasteiger partial charge on any atom is -0.478 e. The second-order valence-corrected chi connectivity index (χ2v) is 6.58. The van der Waals surface area contributed by atoms with Gasteiger partial charge in [-0.3, -0.25) is 0 Å². The molecule has 1 unspecified atom stereocenters. The number of aromatic carboxylic acids is 1. The number of carboxylic acids is 1. The molecule has 19 heavy (non-hydrogen) atoms. The van der Waals surface area contributed by atoms with Gasteiger partial charge in [-0.25, -0.2) is 9.59 Å². The highest BCUT2D eigenvalue weighted by Crippen LogP contribution is 2.44. The largest absolute Gasteiger partial charge is 0.478 e. The third-order valence-electron chi connectivity index (χ3n) is 3.28. The fourth-order valence-corrected chi connectivity index (χ4v) is 2.32. The number of nitrogens with one attached hydrogen (secondary N) is 2. The number of hydrogen-bond acceptors (Lipinski definition) is 2. The maximum absolute atomic E-state index is 11.8. The second-order valence-electron chi connectivity index (χ2n) is 5.34. The third kappa shape index (κ3) is 3.37. The van der Waals surface area contributed by atoms with Crippen LogP contribution in [-0.4, -0.2) is 23.1 Å². The van der Waals surface area contributed by atoms with Crippen molar-refractivity contribution >= 4 is 40.3 Å². The first-order chi connectivity index (χ1) is 8.79. The van der Waals surface area contributed by atoms with Gasteiger partial charge in [0.1, 0.15) is 0 Å². The lowest BCUT2D eigenvalue weighted by atomic mass is 10.2. The summed E-state index contributed by atoms with van der Waals surface area (Å²) < 4.78 is 0.810. The van der Waals surface area contributed by atoms with E-state index >= 15 is 0 Å². The lowest BCUT2D eigenvalue weighted by Gasteiger charge is -2.11. The van der Waals surface area contributed by atoms with Crippen LogP contribution in [0.2, 0.25) is 0 Å². The molecule has 2 amide bonds. The van der Waals surface area contributed by atoms with E-state index in [-0.39, 0.29) is 23.1 Å². The fourth-order valence-electron chi connectivity index (χ4n) is 1.83.